The standard InChI is InChI=1S/C22H29N5O2/c1-25-21(28)13-20(14-24-25)27-12-8-19(16-27)22(29)23-9-4-10-26-11-7-17-5-2-3-6-18(17)15-26/h2-3,5-6,13-14,19H,4,7-12,15-16H2,1H3,(H,23,29). The molecule has 2 aliphatic heterocycles. The fourth-order valence-corrected chi connectivity index (χ4v) is 4.25. The molecule has 154 valence electrons. The van der Waals surface area contributed by atoms with E-state index >= 15 is 0 Å². The van der Waals surface area contributed by atoms with Crippen molar-refractivity contribution in [3.8, 4) is 0 Å². The number of nitrogens with one attached hydrogen (secondary N) is 1. The van der Waals surface area contributed by atoms with E-state index in [2.05, 4.69) is 44.5 Å². The Kier molecular flexibility index (Phi) is 5.94. The first-order chi connectivity index (χ1) is 14.1. The minimum Gasteiger partial charge on any atom is -0.369 e. The number of anilines is 1. The number of fused-ring (bicyclic) bond motifs is 1. The van der Waals surface area contributed by atoms with Crippen LogP contribution in [0.15, 0.2) is 41.3 Å². The van der Waals surface area contributed by atoms with Gasteiger partial charge in [-0.3, -0.25) is 14.5 Å². The lowest BCUT2D eigenvalue weighted by atomic mass is 10.00. The summed E-state index contributed by atoms with van der Waals surface area (Å²) in [5.41, 5.74) is 3.57. The molecule has 1 aromatic heterocycles. The van der Waals surface area contributed by atoms with Gasteiger partial charge in [0, 0.05) is 52.4 Å². The van der Waals surface area contributed by atoms with Crippen LogP contribution >= 0.6 is 0 Å². The van der Waals surface area contributed by atoms with Gasteiger partial charge in [-0.2, -0.15) is 5.10 Å². The number of amides is 1. The summed E-state index contributed by atoms with van der Waals surface area (Å²) in [7, 11) is 1.63. The Balaban J connectivity index is 1.19. The monoisotopic (exact) mass is 395 g/mol. The van der Waals surface area contributed by atoms with Gasteiger partial charge < -0.3 is 10.2 Å². The molecule has 1 aromatic carbocycles. The molecule has 1 fully saturated rings. The molecule has 0 aliphatic carbocycles. The van der Waals surface area contributed by atoms with Gasteiger partial charge in [0.25, 0.3) is 5.56 Å². The van der Waals surface area contributed by atoms with E-state index in [9.17, 15) is 9.59 Å². The Morgan fingerprint density at radius 2 is 2.07 bits per heavy atom. The summed E-state index contributed by atoms with van der Waals surface area (Å²) in [6.45, 7) is 5.23. The van der Waals surface area contributed by atoms with Gasteiger partial charge in [-0.1, -0.05) is 24.3 Å². The quantitative estimate of drug-likeness (QED) is 0.744. The van der Waals surface area contributed by atoms with Crippen LogP contribution in [0.3, 0.4) is 0 Å². The molecule has 3 heterocycles. The van der Waals surface area contributed by atoms with E-state index in [-0.39, 0.29) is 17.4 Å². The van der Waals surface area contributed by atoms with Crippen molar-refractivity contribution in [2.75, 3.05) is 37.6 Å². The third-order valence-corrected chi connectivity index (χ3v) is 6.04. The fourth-order valence-electron chi connectivity index (χ4n) is 4.25. The Bertz CT molecular complexity index is 925. The third-order valence-electron chi connectivity index (χ3n) is 6.04. The number of rotatable bonds is 6. The summed E-state index contributed by atoms with van der Waals surface area (Å²) in [5.74, 6) is 0.0919. The molecule has 0 spiro atoms. The molecule has 7 nitrogen and oxygen atoms in total. The summed E-state index contributed by atoms with van der Waals surface area (Å²) in [6.07, 6.45) is 4.57. The predicted octanol–water partition coefficient (Wildman–Crippen LogP) is 1.17. The zero-order valence-corrected chi connectivity index (χ0v) is 17.0. The van der Waals surface area contributed by atoms with Crippen LogP contribution in [0.1, 0.15) is 24.0 Å². The molecule has 1 saturated heterocycles. The van der Waals surface area contributed by atoms with Crippen LogP contribution in [0.2, 0.25) is 0 Å². The Hall–Kier alpha value is -2.67. The number of carbonyl (C=O) groups excluding carboxylic acids is 1. The minimum atomic E-state index is -0.129. The Morgan fingerprint density at radius 3 is 2.90 bits per heavy atom. The van der Waals surface area contributed by atoms with Gasteiger partial charge in [0.15, 0.2) is 0 Å². The van der Waals surface area contributed by atoms with Crippen LogP contribution in [0.25, 0.3) is 0 Å². The largest absolute Gasteiger partial charge is 0.369 e. The minimum absolute atomic E-state index is 0.0269. The number of aromatic nitrogens is 2. The van der Waals surface area contributed by atoms with Crippen molar-refractivity contribution in [2.45, 2.75) is 25.8 Å². The highest BCUT2D eigenvalue weighted by atomic mass is 16.2. The van der Waals surface area contributed by atoms with Crippen LogP contribution in [0, 0.1) is 5.92 Å². The normalized spacial score (nSPS) is 19.2. The van der Waals surface area contributed by atoms with Gasteiger partial charge in [-0.25, -0.2) is 4.68 Å². The van der Waals surface area contributed by atoms with Gasteiger partial charge in [-0.05, 0) is 30.4 Å². The summed E-state index contributed by atoms with van der Waals surface area (Å²) in [5, 5.41) is 7.17. The fraction of sp³-hybridized carbons (Fsp3) is 0.500. The molecule has 29 heavy (non-hydrogen) atoms. The van der Waals surface area contributed by atoms with Crippen LogP contribution in [-0.2, 0) is 24.8 Å². The lowest BCUT2D eigenvalue weighted by Crippen LogP contribution is -2.36. The molecule has 2 aromatic rings. The number of hydrogen-bond acceptors (Lipinski definition) is 5. The van der Waals surface area contributed by atoms with Crippen molar-refractivity contribution >= 4 is 11.6 Å². The van der Waals surface area contributed by atoms with Gasteiger partial charge >= 0.3 is 0 Å². The van der Waals surface area contributed by atoms with E-state index in [0.717, 1.165) is 51.1 Å². The summed E-state index contributed by atoms with van der Waals surface area (Å²) >= 11 is 0. The van der Waals surface area contributed by atoms with E-state index in [4.69, 9.17) is 0 Å². The zero-order valence-electron chi connectivity index (χ0n) is 17.0. The molecule has 4 rings (SSSR count). The van der Waals surface area contributed by atoms with Crippen molar-refractivity contribution in [1.82, 2.24) is 20.0 Å². The van der Waals surface area contributed by atoms with Crippen molar-refractivity contribution in [3.05, 3.63) is 58.0 Å². The van der Waals surface area contributed by atoms with Gasteiger partial charge in [0.05, 0.1) is 17.8 Å². The van der Waals surface area contributed by atoms with Gasteiger partial charge in [0.2, 0.25) is 5.91 Å². The third kappa shape index (κ3) is 4.67. The van der Waals surface area contributed by atoms with Crippen molar-refractivity contribution in [3.63, 3.8) is 0 Å². The van der Waals surface area contributed by atoms with Gasteiger partial charge in [-0.15, -0.1) is 0 Å². The molecule has 1 amide bonds. The predicted molar refractivity (Wildman–Crippen MR) is 113 cm³/mol. The lowest BCUT2D eigenvalue weighted by Gasteiger charge is -2.28. The smallest absolute Gasteiger partial charge is 0.268 e. The number of benzene rings is 1. The molecule has 1 atom stereocenters. The average molecular weight is 396 g/mol. The lowest BCUT2D eigenvalue weighted by molar-refractivity contribution is -0.124. The number of nitrogens with zero attached hydrogens (tertiary/aromatic N) is 4. The van der Waals surface area contributed by atoms with E-state index in [1.807, 2.05) is 0 Å². The molecular formula is C22H29N5O2. The molecule has 0 bridgehead atoms. The van der Waals surface area contributed by atoms with Gasteiger partial charge in [0.1, 0.15) is 0 Å². The first-order valence-corrected chi connectivity index (χ1v) is 10.5. The summed E-state index contributed by atoms with van der Waals surface area (Å²) < 4.78 is 1.31. The van der Waals surface area contributed by atoms with E-state index in [0.29, 0.717) is 13.1 Å². The average Bonchev–Trinajstić information content (AvgIpc) is 3.23. The van der Waals surface area contributed by atoms with Crippen molar-refractivity contribution < 1.29 is 4.79 Å². The van der Waals surface area contributed by atoms with E-state index in [1.165, 1.54) is 15.8 Å². The highest BCUT2D eigenvalue weighted by Crippen LogP contribution is 2.22. The number of hydrogen-bond donors (Lipinski definition) is 1. The van der Waals surface area contributed by atoms with E-state index in [1.54, 1.807) is 19.3 Å². The molecule has 0 radical (unpaired) electrons. The molecular weight excluding hydrogens is 366 g/mol. The van der Waals surface area contributed by atoms with Crippen LogP contribution in [0.5, 0.6) is 0 Å². The van der Waals surface area contributed by atoms with E-state index < -0.39 is 0 Å². The molecule has 1 unspecified atom stereocenters. The van der Waals surface area contributed by atoms with Crippen molar-refractivity contribution in [1.29, 1.82) is 0 Å². The first-order valence-electron chi connectivity index (χ1n) is 10.5. The second-order valence-electron chi connectivity index (χ2n) is 8.05. The molecule has 7 heteroatoms. The summed E-state index contributed by atoms with van der Waals surface area (Å²) in [6, 6.07) is 10.2. The SMILES string of the molecule is Cn1ncc(N2CCC(C(=O)NCCCN3CCc4ccccc4C3)C2)cc1=O. The molecule has 2 aliphatic rings. The maximum absolute atomic E-state index is 12.5. The number of aryl methyl sites for hydroxylation is 1. The second-order valence-corrected chi connectivity index (χ2v) is 8.05. The van der Waals surface area contributed by atoms with Crippen molar-refractivity contribution in [2.24, 2.45) is 13.0 Å². The summed E-state index contributed by atoms with van der Waals surface area (Å²) in [4.78, 5) is 28.8. The first kappa shape index (κ1) is 19.6. The highest BCUT2D eigenvalue weighted by Gasteiger charge is 2.28. The molecule has 1 N–H and O–H groups in total. The van der Waals surface area contributed by atoms with Crippen LogP contribution in [-0.4, -0.2) is 53.3 Å². The number of carbonyl (C=O) groups is 1. The highest BCUT2D eigenvalue weighted by molar-refractivity contribution is 5.80. The Morgan fingerprint density at radius 1 is 1.24 bits per heavy atom. The molecule has 0 saturated carbocycles. The Labute approximate surface area is 171 Å². The van der Waals surface area contributed by atoms with Crippen LogP contribution in [0.4, 0.5) is 5.69 Å². The second kappa shape index (κ2) is 8.78. The van der Waals surface area contributed by atoms with Crippen LogP contribution < -0.4 is 15.8 Å². The topological polar surface area (TPSA) is 70.5 Å². The maximum Gasteiger partial charge on any atom is 0.268 e. The zero-order chi connectivity index (χ0) is 20.2. The maximum atomic E-state index is 12.5.